The van der Waals surface area contributed by atoms with Crippen LogP contribution in [0.2, 0.25) is 0 Å². The van der Waals surface area contributed by atoms with E-state index in [1.807, 2.05) is 9.80 Å². The third-order valence-electron chi connectivity index (χ3n) is 6.42. The minimum absolute atomic E-state index is 0.101. The number of morpholine rings is 1. The molecule has 0 aromatic rings. The van der Waals surface area contributed by atoms with Crippen LogP contribution in [0.4, 0.5) is 0 Å². The third-order valence-corrected chi connectivity index (χ3v) is 6.42. The Balaban J connectivity index is 1.51. The van der Waals surface area contributed by atoms with Gasteiger partial charge in [-0.3, -0.25) is 14.5 Å². The lowest BCUT2D eigenvalue weighted by Gasteiger charge is -2.38. The highest BCUT2D eigenvalue weighted by Gasteiger charge is 2.35. The van der Waals surface area contributed by atoms with Crippen molar-refractivity contribution in [3.05, 3.63) is 0 Å². The molecule has 0 aromatic heterocycles. The molecular weight excluding hydrogens is 354 g/mol. The van der Waals surface area contributed by atoms with Crippen LogP contribution in [-0.4, -0.2) is 85.0 Å². The second kappa shape index (κ2) is 10.8. The van der Waals surface area contributed by atoms with Crippen molar-refractivity contribution in [3.63, 3.8) is 0 Å². The van der Waals surface area contributed by atoms with Crippen LogP contribution in [-0.2, 0) is 14.3 Å². The van der Waals surface area contributed by atoms with E-state index in [1.165, 1.54) is 19.3 Å². The van der Waals surface area contributed by atoms with Gasteiger partial charge in [-0.1, -0.05) is 25.2 Å². The first-order chi connectivity index (χ1) is 13.7. The van der Waals surface area contributed by atoms with Gasteiger partial charge in [-0.15, -0.1) is 6.42 Å². The molecule has 2 aliphatic heterocycles. The van der Waals surface area contributed by atoms with Crippen LogP contribution in [0.3, 0.4) is 0 Å². The molecule has 3 fully saturated rings. The van der Waals surface area contributed by atoms with Gasteiger partial charge < -0.3 is 14.5 Å². The van der Waals surface area contributed by atoms with E-state index in [0.717, 1.165) is 58.7 Å². The summed E-state index contributed by atoms with van der Waals surface area (Å²) >= 11 is 0. The average Bonchev–Trinajstić information content (AvgIpc) is 2.74. The van der Waals surface area contributed by atoms with Crippen LogP contribution in [0.25, 0.3) is 0 Å². The van der Waals surface area contributed by atoms with E-state index in [2.05, 4.69) is 10.8 Å². The number of carbonyl (C=O) groups is 2. The van der Waals surface area contributed by atoms with Gasteiger partial charge in [0.1, 0.15) is 0 Å². The Labute approximate surface area is 169 Å². The number of hydrogen-bond donors (Lipinski definition) is 0. The predicted octanol–water partition coefficient (Wildman–Crippen LogP) is 1.74. The zero-order chi connectivity index (χ0) is 19.8. The molecule has 156 valence electrons. The molecule has 0 aromatic carbocycles. The molecule has 0 N–H and O–H groups in total. The zero-order valence-electron chi connectivity index (χ0n) is 17.1. The maximum Gasteiger partial charge on any atom is 0.228 e. The van der Waals surface area contributed by atoms with Crippen LogP contribution >= 0.6 is 0 Å². The summed E-state index contributed by atoms with van der Waals surface area (Å²) in [5, 5.41) is 0. The number of amides is 2. The fourth-order valence-corrected chi connectivity index (χ4v) is 4.75. The molecule has 2 amide bonds. The summed E-state index contributed by atoms with van der Waals surface area (Å²) in [5.41, 5.74) is 0. The molecule has 6 nitrogen and oxygen atoms in total. The Hall–Kier alpha value is -1.58. The summed E-state index contributed by atoms with van der Waals surface area (Å²) < 4.78 is 5.38. The van der Waals surface area contributed by atoms with E-state index >= 15 is 0 Å². The summed E-state index contributed by atoms with van der Waals surface area (Å²) in [6.45, 7) is 6.20. The molecule has 2 heterocycles. The molecule has 1 saturated carbocycles. The van der Waals surface area contributed by atoms with Gasteiger partial charge in [0, 0.05) is 45.2 Å². The van der Waals surface area contributed by atoms with Gasteiger partial charge in [0.15, 0.2) is 0 Å². The first-order valence-electron chi connectivity index (χ1n) is 11.0. The van der Waals surface area contributed by atoms with Crippen molar-refractivity contribution in [2.24, 2.45) is 5.92 Å². The van der Waals surface area contributed by atoms with Crippen LogP contribution in [0, 0.1) is 18.3 Å². The first-order valence-corrected chi connectivity index (χ1v) is 11.0. The molecule has 6 heteroatoms. The lowest BCUT2D eigenvalue weighted by Crippen LogP contribution is -2.50. The Kier molecular flexibility index (Phi) is 8.17. The maximum absolute atomic E-state index is 13.2. The molecule has 1 atom stereocenters. The van der Waals surface area contributed by atoms with Crippen LogP contribution < -0.4 is 0 Å². The largest absolute Gasteiger partial charge is 0.379 e. The van der Waals surface area contributed by atoms with Gasteiger partial charge in [0.25, 0.3) is 0 Å². The van der Waals surface area contributed by atoms with E-state index in [4.69, 9.17) is 11.2 Å². The van der Waals surface area contributed by atoms with Crippen LogP contribution in [0.1, 0.15) is 51.4 Å². The lowest BCUT2D eigenvalue weighted by molar-refractivity contribution is -0.144. The van der Waals surface area contributed by atoms with Gasteiger partial charge in [-0.05, 0) is 25.7 Å². The molecule has 0 spiro atoms. The number of ether oxygens (including phenoxy) is 1. The number of nitrogens with zero attached hydrogens (tertiary/aromatic N) is 3. The Morgan fingerprint density at radius 2 is 1.89 bits per heavy atom. The average molecular weight is 390 g/mol. The Bertz CT molecular complexity index is 562. The van der Waals surface area contributed by atoms with Crippen molar-refractivity contribution in [1.82, 2.24) is 14.7 Å². The normalized spacial score (nSPS) is 24.8. The number of piperidine rings is 1. The van der Waals surface area contributed by atoms with Crippen molar-refractivity contribution in [1.29, 1.82) is 0 Å². The molecule has 28 heavy (non-hydrogen) atoms. The standard InChI is InChI=1S/C22H35N3O3/c1-2-11-25(20-7-4-3-5-8-20)22(27)19-9-10-21(26)24(18-19)13-6-12-23-14-16-28-17-15-23/h1,19-20H,3-18H2. The van der Waals surface area contributed by atoms with Crippen LogP contribution in [0.5, 0.6) is 0 Å². The van der Waals surface area contributed by atoms with Gasteiger partial charge in [-0.25, -0.2) is 0 Å². The number of hydrogen-bond acceptors (Lipinski definition) is 4. The van der Waals surface area contributed by atoms with Crippen molar-refractivity contribution in [2.75, 3.05) is 52.5 Å². The second-order valence-corrected chi connectivity index (χ2v) is 8.35. The molecule has 0 radical (unpaired) electrons. The summed E-state index contributed by atoms with van der Waals surface area (Å²) in [5.74, 6) is 2.93. The Morgan fingerprint density at radius 1 is 1.14 bits per heavy atom. The second-order valence-electron chi connectivity index (χ2n) is 8.35. The zero-order valence-corrected chi connectivity index (χ0v) is 17.1. The highest BCUT2D eigenvalue weighted by Crippen LogP contribution is 2.26. The number of terminal acetylenes is 1. The van der Waals surface area contributed by atoms with Crippen molar-refractivity contribution in [3.8, 4) is 12.3 Å². The first kappa shape index (κ1) is 21.1. The van der Waals surface area contributed by atoms with Crippen LogP contribution in [0.15, 0.2) is 0 Å². The van der Waals surface area contributed by atoms with E-state index in [-0.39, 0.29) is 23.8 Å². The van der Waals surface area contributed by atoms with E-state index in [9.17, 15) is 9.59 Å². The summed E-state index contributed by atoms with van der Waals surface area (Å²) in [6, 6.07) is 0.282. The molecule has 2 saturated heterocycles. The highest BCUT2D eigenvalue weighted by atomic mass is 16.5. The van der Waals surface area contributed by atoms with Gasteiger partial charge >= 0.3 is 0 Å². The summed E-state index contributed by atoms with van der Waals surface area (Å²) in [6.07, 6.45) is 13.4. The third kappa shape index (κ3) is 5.71. The van der Waals surface area contributed by atoms with E-state index < -0.39 is 0 Å². The summed E-state index contributed by atoms with van der Waals surface area (Å²) in [7, 11) is 0. The molecule has 1 aliphatic carbocycles. The molecule has 1 unspecified atom stereocenters. The van der Waals surface area contributed by atoms with E-state index in [1.54, 1.807) is 0 Å². The molecule has 3 rings (SSSR count). The van der Waals surface area contributed by atoms with Gasteiger partial charge in [0.05, 0.1) is 25.7 Å². The quantitative estimate of drug-likeness (QED) is 0.623. The maximum atomic E-state index is 13.2. The predicted molar refractivity (Wildman–Crippen MR) is 109 cm³/mol. The number of carbonyl (C=O) groups excluding carboxylic acids is 2. The van der Waals surface area contributed by atoms with Crippen molar-refractivity contribution < 1.29 is 14.3 Å². The molecule has 0 bridgehead atoms. The van der Waals surface area contributed by atoms with Crippen molar-refractivity contribution in [2.45, 2.75) is 57.4 Å². The molecule has 3 aliphatic rings. The monoisotopic (exact) mass is 389 g/mol. The number of likely N-dealkylation sites (tertiary alicyclic amines) is 1. The summed E-state index contributed by atoms with van der Waals surface area (Å²) in [4.78, 5) is 31.8. The topological polar surface area (TPSA) is 53.1 Å². The van der Waals surface area contributed by atoms with Gasteiger partial charge in [0.2, 0.25) is 11.8 Å². The number of rotatable bonds is 7. The Morgan fingerprint density at radius 3 is 2.61 bits per heavy atom. The minimum Gasteiger partial charge on any atom is -0.379 e. The fraction of sp³-hybridized carbons (Fsp3) is 0.818. The fourth-order valence-electron chi connectivity index (χ4n) is 4.75. The minimum atomic E-state index is -0.101. The highest BCUT2D eigenvalue weighted by molar-refractivity contribution is 5.84. The lowest BCUT2D eigenvalue weighted by atomic mass is 9.91. The molecular formula is C22H35N3O3. The van der Waals surface area contributed by atoms with E-state index in [0.29, 0.717) is 25.9 Å². The SMILES string of the molecule is C#CCN(C(=O)C1CCC(=O)N(CCCN2CCOCC2)C1)C1CCCCC1. The van der Waals surface area contributed by atoms with Crippen molar-refractivity contribution >= 4 is 11.8 Å². The smallest absolute Gasteiger partial charge is 0.228 e. The van der Waals surface area contributed by atoms with Gasteiger partial charge in [-0.2, -0.15) is 0 Å².